The fraction of sp³-hybridized carbons (Fsp3) is 0.364. The molecule has 1 unspecified atom stereocenters. The minimum absolute atomic E-state index is 0.133. The third-order valence-electron chi connectivity index (χ3n) is 2.40. The van der Waals surface area contributed by atoms with Gasteiger partial charge in [0.25, 0.3) is 0 Å². The highest BCUT2D eigenvalue weighted by molar-refractivity contribution is 5.19. The van der Waals surface area contributed by atoms with Crippen molar-refractivity contribution in [2.75, 3.05) is 6.61 Å². The number of ether oxygens (including phenoxy) is 1. The summed E-state index contributed by atoms with van der Waals surface area (Å²) in [7, 11) is 0. The highest BCUT2D eigenvalue weighted by atomic mass is 16.5. The smallest absolute Gasteiger partial charge is 0.120 e. The molecule has 0 saturated carbocycles. The van der Waals surface area contributed by atoms with E-state index in [1.807, 2.05) is 18.2 Å². The lowest BCUT2D eigenvalue weighted by atomic mass is 10.1. The van der Waals surface area contributed by atoms with Crippen LogP contribution in [0.15, 0.2) is 36.2 Å². The number of hydrogen-bond acceptors (Lipinski definition) is 4. The first-order chi connectivity index (χ1) is 7.42. The third-order valence-corrected chi connectivity index (χ3v) is 2.40. The molecule has 0 aliphatic carbocycles. The van der Waals surface area contributed by atoms with Gasteiger partial charge in [-0.05, 0) is 31.1 Å². The van der Waals surface area contributed by atoms with Gasteiger partial charge in [0.05, 0.1) is 12.3 Å². The fourth-order valence-corrected chi connectivity index (χ4v) is 1.64. The van der Waals surface area contributed by atoms with Gasteiger partial charge in [0, 0.05) is 6.20 Å². The van der Waals surface area contributed by atoms with Crippen molar-refractivity contribution in [1.82, 2.24) is 10.4 Å². The zero-order valence-electron chi connectivity index (χ0n) is 8.52. The lowest BCUT2D eigenvalue weighted by molar-refractivity contribution is 0.167. The zero-order chi connectivity index (χ0) is 10.5. The van der Waals surface area contributed by atoms with Crippen molar-refractivity contribution in [3.8, 4) is 0 Å². The number of nitrogens with one attached hydrogen (secondary N) is 1. The molecule has 4 heteroatoms. The number of hydrazine groups is 1. The Hall–Kier alpha value is -1.39. The van der Waals surface area contributed by atoms with Crippen molar-refractivity contribution >= 4 is 0 Å². The van der Waals surface area contributed by atoms with Crippen LogP contribution in [-0.4, -0.2) is 11.6 Å². The molecule has 0 radical (unpaired) electrons. The lowest BCUT2D eigenvalue weighted by Gasteiger charge is -2.22. The van der Waals surface area contributed by atoms with E-state index in [1.165, 1.54) is 0 Å². The van der Waals surface area contributed by atoms with Gasteiger partial charge in [-0.15, -0.1) is 0 Å². The van der Waals surface area contributed by atoms with E-state index in [4.69, 9.17) is 10.6 Å². The van der Waals surface area contributed by atoms with Gasteiger partial charge < -0.3 is 4.74 Å². The molecular weight excluding hydrogens is 190 g/mol. The van der Waals surface area contributed by atoms with Crippen LogP contribution in [0.2, 0.25) is 0 Å². The summed E-state index contributed by atoms with van der Waals surface area (Å²) in [5.41, 5.74) is 3.61. The number of rotatable bonds is 3. The topological polar surface area (TPSA) is 60.2 Å². The highest BCUT2D eigenvalue weighted by Gasteiger charge is 2.19. The van der Waals surface area contributed by atoms with E-state index in [0.29, 0.717) is 0 Å². The van der Waals surface area contributed by atoms with E-state index in [1.54, 1.807) is 6.20 Å². The predicted molar refractivity (Wildman–Crippen MR) is 57.6 cm³/mol. The van der Waals surface area contributed by atoms with E-state index in [2.05, 4.69) is 16.5 Å². The second kappa shape index (κ2) is 4.91. The fourth-order valence-electron chi connectivity index (χ4n) is 1.64. The molecular formula is C11H15N3O. The summed E-state index contributed by atoms with van der Waals surface area (Å²) >= 11 is 0. The van der Waals surface area contributed by atoms with Crippen LogP contribution in [0.25, 0.3) is 0 Å². The average Bonchev–Trinajstić information content (AvgIpc) is 2.33. The van der Waals surface area contributed by atoms with Crippen molar-refractivity contribution in [2.24, 2.45) is 5.84 Å². The molecule has 2 heterocycles. The van der Waals surface area contributed by atoms with Crippen molar-refractivity contribution in [3.05, 3.63) is 41.9 Å². The first-order valence-electron chi connectivity index (χ1n) is 5.11. The Bertz CT molecular complexity index is 337. The summed E-state index contributed by atoms with van der Waals surface area (Å²) in [6.07, 6.45) is 5.94. The Morgan fingerprint density at radius 3 is 3.00 bits per heavy atom. The molecule has 0 bridgehead atoms. The number of nitrogens with zero attached hydrogens (tertiary/aromatic N) is 1. The largest absolute Gasteiger partial charge is 0.496 e. The van der Waals surface area contributed by atoms with E-state index in [-0.39, 0.29) is 6.04 Å². The summed E-state index contributed by atoms with van der Waals surface area (Å²) in [6.45, 7) is 0.761. The maximum Gasteiger partial charge on any atom is 0.120 e. The van der Waals surface area contributed by atoms with Gasteiger partial charge in [-0.3, -0.25) is 10.8 Å². The minimum atomic E-state index is -0.133. The standard InChI is InChI=1S/C11H15N3O/c12-14-11(9-5-1-3-7-13-9)10-6-2-4-8-15-10/h1,3,5-7,11,14H,2,4,8,12H2. The molecule has 1 atom stereocenters. The van der Waals surface area contributed by atoms with Crippen molar-refractivity contribution in [2.45, 2.75) is 18.9 Å². The summed E-state index contributed by atoms with van der Waals surface area (Å²) in [5.74, 6) is 6.40. The van der Waals surface area contributed by atoms with Gasteiger partial charge in [0.15, 0.2) is 0 Å². The normalized spacial score (nSPS) is 17.8. The Kier molecular flexibility index (Phi) is 3.32. The Balaban J connectivity index is 2.20. The number of nitrogens with two attached hydrogens (primary N) is 1. The van der Waals surface area contributed by atoms with Gasteiger partial charge in [0.2, 0.25) is 0 Å². The maximum atomic E-state index is 5.56. The predicted octanol–water partition coefficient (Wildman–Crippen LogP) is 1.28. The molecule has 0 fully saturated rings. The van der Waals surface area contributed by atoms with Crippen LogP contribution in [0.4, 0.5) is 0 Å². The van der Waals surface area contributed by atoms with Crippen LogP contribution in [0.5, 0.6) is 0 Å². The van der Waals surface area contributed by atoms with Crippen LogP contribution in [0, 0.1) is 0 Å². The first kappa shape index (κ1) is 10.1. The summed E-state index contributed by atoms with van der Waals surface area (Å²) in [6, 6.07) is 5.62. The third kappa shape index (κ3) is 2.34. The van der Waals surface area contributed by atoms with Gasteiger partial charge in [-0.1, -0.05) is 6.07 Å². The molecule has 1 aromatic heterocycles. The van der Waals surface area contributed by atoms with E-state index in [0.717, 1.165) is 30.9 Å². The number of hydrogen-bond donors (Lipinski definition) is 2. The van der Waals surface area contributed by atoms with Crippen LogP contribution in [0.3, 0.4) is 0 Å². The Labute approximate surface area is 89.1 Å². The second-order valence-corrected chi connectivity index (χ2v) is 3.45. The van der Waals surface area contributed by atoms with Crippen LogP contribution in [0.1, 0.15) is 24.6 Å². The molecule has 1 aliphatic rings. The molecule has 0 spiro atoms. The van der Waals surface area contributed by atoms with Crippen LogP contribution >= 0.6 is 0 Å². The van der Waals surface area contributed by atoms with Crippen LogP contribution in [-0.2, 0) is 4.74 Å². The molecule has 2 rings (SSSR count). The van der Waals surface area contributed by atoms with E-state index < -0.39 is 0 Å². The monoisotopic (exact) mass is 205 g/mol. The van der Waals surface area contributed by atoms with Crippen molar-refractivity contribution in [1.29, 1.82) is 0 Å². The molecule has 1 aromatic rings. The van der Waals surface area contributed by atoms with Crippen LogP contribution < -0.4 is 11.3 Å². The Morgan fingerprint density at radius 1 is 1.47 bits per heavy atom. The molecule has 4 nitrogen and oxygen atoms in total. The summed E-state index contributed by atoms with van der Waals surface area (Å²) in [5, 5.41) is 0. The van der Waals surface area contributed by atoms with Crippen molar-refractivity contribution in [3.63, 3.8) is 0 Å². The van der Waals surface area contributed by atoms with E-state index >= 15 is 0 Å². The molecule has 0 amide bonds. The maximum absolute atomic E-state index is 5.56. The zero-order valence-corrected chi connectivity index (χ0v) is 8.52. The summed E-state index contributed by atoms with van der Waals surface area (Å²) < 4.78 is 5.56. The summed E-state index contributed by atoms with van der Waals surface area (Å²) in [4.78, 5) is 4.26. The average molecular weight is 205 g/mol. The van der Waals surface area contributed by atoms with Gasteiger partial charge in [-0.2, -0.15) is 0 Å². The van der Waals surface area contributed by atoms with Crippen molar-refractivity contribution < 1.29 is 4.74 Å². The quantitative estimate of drug-likeness (QED) is 0.576. The van der Waals surface area contributed by atoms with E-state index in [9.17, 15) is 0 Å². The van der Waals surface area contributed by atoms with Gasteiger partial charge >= 0.3 is 0 Å². The molecule has 0 aromatic carbocycles. The second-order valence-electron chi connectivity index (χ2n) is 3.45. The molecule has 15 heavy (non-hydrogen) atoms. The molecule has 80 valence electrons. The Morgan fingerprint density at radius 2 is 2.40 bits per heavy atom. The molecule has 3 N–H and O–H groups in total. The number of aromatic nitrogens is 1. The lowest BCUT2D eigenvalue weighted by Crippen LogP contribution is -2.31. The highest BCUT2D eigenvalue weighted by Crippen LogP contribution is 2.23. The number of allylic oxidation sites excluding steroid dienone is 1. The van der Waals surface area contributed by atoms with Gasteiger partial charge in [0.1, 0.15) is 11.8 Å². The number of pyridine rings is 1. The minimum Gasteiger partial charge on any atom is -0.496 e. The first-order valence-corrected chi connectivity index (χ1v) is 5.11. The van der Waals surface area contributed by atoms with Gasteiger partial charge in [-0.25, -0.2) is 5.43 Å². The molecule has 1 aliphatic heterocycles. The molecule has 0 saturated heterocycles. The SMILES string of the molecule is NNC(C1=CCCCO1)c1ccccn1.